The second-order valence-corrected chi connectivity index (χ2v) is 18.6. The van der Waals surface area contributed by atoms with Crippen molar-refractivity contribution >= 4 is 47.3 Å². The van der Waals surface area contributed by atoms with Crippen LogP contribution in [0.5, 0.6) is 0 Å². The van der Waals surface area contributed by atoms with Crippen LogP contribution in [-0.4, -0.2) is 167 Å². The molecule has 4 aromatic rings. The molecule has 0 atom stereocenters. The number of primary amides is 1. The maximum absolute atomic E-state index is 14.8. The van der Waals surface area contributed by atoms with Gasteiger partial charge >= 0.3 is 0 Å². The second-order valence-electron chi connectivity index (χ2n) is 18.6. The summed E-state index contributed by atoms with van der Waals surface area (Å²) in [5.41, 5.74) is 12.4. The lowest BCUT2D eigenvalue weighted by Gasteiger charge is -2.32. The monoisotopic (exact) mass is 1030 g/mol. The first-order valence-corrected chi connectivity index (χ1v) is 26.1. The second kappa shape index (κ2) is 33.4. The number of carbonyl (C=O) groups excluding carboxylic acids is 8. The van der Waals surface area contributed by atoms with Gasteiger partial charge in [-0.05, 0) is 60.9 Å². The van der Waals surface area contributed by atoms with Crippen molar-refractivity contribution in [2.24, 2.45) is 5.73 Å². The van der Waals surface area contributed by atoms with Gasteiger partial charge < -0.3 is 51.1 Å². The number of unbranched alkanes of at least 4 members (excludes halogenated alkanes) is 1. The minimum atomic E-state index is -0.713. The van der Waals surface area contributed by atoms with Crippen LogP contribution < -0.4 is 16.8 Å². The molecule has 0 fully saturated rings. The van der Waals surface area contributed by atoms with Crippen molar-refractivity contribution in [3.8, 4) is 0 Å². The number of benzene rings is 4. The normalized spacial score (nSPS) is 10.8. The first-order chi connectivity index (χ1) is 36.2. The Balaban J connectivity index is 1.59. The Labute approximate surface area is 442 Å². The molecule has 18 heteroatoms. The van der Waals surface area contributed by atoms with Gasteiger partial charge in [0, 0.05) is 45.8 Å². The van der Waals surface area contributed by atoms with Crippen LogP contribution in [0.2, 0.25) is 0 Å². The molecule has 0 unspecified atom stereocenters. The first kappa shape index (κ1) is 60.1. The van der Waals surface area contributed by atoms with Gasteiger partial charge in [0.25, 0.3) is 0 Å². The third-order valence-corrected chi connectivity index (χ3v) is 12.2. The van der Waals surface area contributed by atoms with Crippen LogP contribution in [0.4, 0.5) is 0 Å². The molecular formula is C57H79N10O8+. The largest absolute Gasteiger partial charge is 0.368 e. The number of hydrogen-bond acceptors (Lipinski definition) is 9. The van der Waals surface area contributed by atoms with E-state index in [1.807, 2.05) is 142 Å². The molecule has 18 nitrogen and oxygen atoms in total. The Hall–Kier alpha value is -7.44. The number of quaternary nitrogens is 1. The number of hydrogen-bond donors (Lipinski definition) is 3. The average molecular weight is 1030 g/mol. The van der Waals surface area contributed by atoms with E-state index in [1.165, 1.54) is 34.3 Å². The summed E-state index contributed by atoms with van der Waals surface area (Å²) in [6, 6.07) is 36.5. The Morgan fingerprint density at radius 2 is 0.653 bits per heavy atom. The van der Waals surface area contributed by atoms with Gasteiger partial charge in [0.2, 0.25) is 47.3 Å². The van der Waals surface area contributed by atoms with E-state index in [1.54, 1.807) is 0 Å². The van der Waals surface area contributed by atoms with E-state index in [9.17, 15) is 38.4 Å². The summed E-state index contributed by atoms with van der Waals surface area (Å²) >= 11 is 0. The Morgan fingerprint density at radius 1 is 0.387 bits per heavy atom. The molecule has 4 rings (SSSR count). The van der Waals surface area contributed by atoms with E-state index in [4.69, 9.17) is 5.73 Å². The maximum atomic E-state index is 14.8. The van der Waals surface area contributed by atoms with Crippen LogP contribution in [-0.2, 0) is 64.5 Å². The number of rotatable bonds is 34. The molecule has 75 heavy (non-hydrogen) atoms. The fourth-order valence-corrected chi connectivity index (χ4v) is 8.33. The van der Waals surface area contributed by atoms with E-state index < -0.39 is 67.5 Å². The van der Waals surface area contributed by atoms with Crippen LogP contribution >= 0.6 is 0 Å². The van der Waals surface area contributed by atoms with E-state index >= 15 is 0 Å². The Morgan fingerprint density at radius 3 is 0.933 bits per heavy atom. The maximum Gasteiger partial charge on any atom is 0.242 e. The molecule has 404 valence electrons. The number of carbonyl (C=O) groups is 8. The Bertz CT molecular complexity index is 2400. The summed E-state index contributed by atoms with van der Waals surface area (Å²) in [4.78, 5) is 121. The molecule has 0 aliphatic rings. The average Bonchev–Trinajstić information content (AvgIpc) is 3.40. The van der Waals surface area contributed by atoms with Gasteiger partial charge in [-0.1, -0.05) is 142 Å². The molecule has 0 aromatic heterocycles. The van der Waals surface area contributed by atoms with Gasteiger partial charge in [-0.25, -0.2) is 0 Å². The van der Waals surface area contributed by atoms with E-state index in [0.717, 1.165) is 41.6 Å². The summed E-state index contributed by atoms with van der Waals surface area (Å²) in [6.45, 7) is 5.52. The highest BCUT2D eigenvalue weighted by Crippen LogP contribution is 2.14. The van der Waals surface area contributed by atoms with Gasteiger partial charge in [0.1, 0.15) is 19.6 Å². The predicted molar refractivity (Wildman–Crippen MR) is 287 cm³/mol. The number of amides is 8. The first-order valence-electron chi connectivity index (χ1n) is 26.1. The van der Waals surface area contributed by atoms with Crippen LogP contribution in [0.15, 0.2) is 121 Å². The van der Waals surface area contributed by atoms with Crippen LogP contribution in [0.25, 0.3) is 0 Å². The van der Waals surface area contributed by atoms with Crippen molar-refractivity contribution in [2.45, 2.75) is 79.1 Å². The fourth-order valence-electron chi connectivity index (χ4n) is 8.33. The molecule has 0 heterocycles. The molecule has 0 saturated carbocycles. The van der Waals surface area contributed by atoms with Crippen molar-refractivity contribution in [1.29, 1.82) is 0 Å². The fraction of sp³-hybridized carbons (Fsp3) is 0.439. The molecule has 0 bridgehead atoms. The third kappa shape index (κ3) is 21.9. The van der Waals surface area contributed by atoms with Crippen molar-refractivity contribution < 1.29 is 44.1 Å². The summed E-state index contributed by atoms with van der Waals surface area (Å²) < 4.78 is 0. The molecule has 6 N–H and O–H groups in total. The Kier molecular flexibility index (Phi) is 26.8. The highest BCUT2D eigenvalue weighted by atomic mass is 16.2. The van der Waals surface area contributed by atoms with E-state index in [-0.39, 0.29) is 71.4 Å². The zero-order chi connectivity index (χ0) is 54.4. The van der Waals surface area contributed by atoms with Crippen molar-refractivity contribution in [3.05, 3.63) is 144 Å². The number of nitrogens with zero attached hydrogens (tertiary/aromatic N) is 7. The zero-order valence-corrected chi connectivity index (χ0v) is 44.3. The number of nitrogens with two attached hydrogens (primary N) is 1. The van der Waals surface area contributed by atoms with Gasteiger partial charge in [-0.15, -0.1) is 0 Å². The lowest BCUT2D eigenvalue weighted by Crippen LogP contribution is -2.52. The lowest BCUT2D eigenvalue weighted by molar-refractivity contribution is -0.368. The van der Waals surface area contributed by atoms with Crippen molar-refractivity contribution in [3.63, 3.8) is 0 Å². The van der Waals surface area contributed by atoms with E-state index in [2.05, 4.69) is 11.1 Å². The smallest absolute Gasteiger partial charge is 0.242 e. The number of nitrogens with one attached hydrogen (secondary N) is 1. The highest BCUT2D eigenvalue weighted by Gasteiger charge is 2.30. The molecule has 0 aliphatic heterocycles. The molecule has 0 radical (unpaired) electrons. The topological polar surface area (TPSA) is 225 Å². The van der Waals surface area contributed by atoms with Crippen molar-refractivity contribution in [2.75, 3.05) is 85.1 Å². The summed E-state index contributed by atoms with van der Waals surface area (Å²) in [5, 5.41) is 3.16. The predicted octanol–water partition coefficient (Wildman–Crippen LogP) is 2.91. The quantitative estimate of drug-likeness (QED) is 0.0585. The van der Waals surface area contributed by atoms with Crippen LogP contribution in [0, 0.1) is 0 Å². The minimum absolute atomic E-state index is 0.00481. The van der Waals surface area contributed by atoms with E-state index in [0.29, 0.717) is 32.4 Å². The molecular weight excluding hydrogens is 953 g/mol. The lowest BCUT2D eigenvalue weighted by atomic mass is 10.2. The highest BCUT2D eigenvalue weighted by molar-refractivity contribution is 5.93. The summed E-state index contributed by atoms with van der Waals surface area (Å²) in [5.74, 6) is -3.92. The summed E-state index contributed by atoms with van der Waals surface area (Å²) in [7, 11) is 0. The molecule has 0 aliphatic carbocycles. The zero-order valence-electron chi connectivity index (χ0n) is 44.3. The molecule has 8 amide bonds. The van der Waals surface area contributed by atoms with Crippen LogP contribution in [0.3, 0.4) is 0 Å². The van der Waals surface area contributed by atoms with Gasteiger partial charge in [-0.3, -0.25) is 38.4 Å². The van der Waals surface area contributed by atoms with Crippen LogP contribution in [0.1, 0.15) is 75.1 Å². The molecule has 0 spiro atoms. The minimum Gasteiger partial charge on any atom is -0.368 e. The van der Waals surface area contributed by atoms with Gasteiger partial charge in [0.05, 0.1) is 39.3 Å². The van der Waals surface area contributed by atoms with Gasteiger partial charge in [-0.2, -0.15) is 0 Å². The summed E-state index contributed by atoms with van der Waals surface area (Å²) in [6.07, 6.45) is 3.47. The standard InChI is InChI=1S/C57H78N10O8/c1-4-31-61(51(69)34-60-30-20-19-29-58)40-52(70)62(32-5-2)41-54(72)67(38-49-27-17-10-18-28-49)45-57(75)65(36-47-23-13-8-14-24-47)43-53(71)63(33-6-3)42-55(73)66(37-48-25-15-9-16-26-48)44-56(74)64(39-50(59)68)35-46-21-11-7-12-22-46/h7-18,21-28,60H,4-6,19-20,29-45,58H2,1-3H3,(H2,59,68)/p+1. The SMILES string of the molecule is CCCN(CC(=O)N(CCC)CC(=O)N(CC(=O)N(CC(=O)N(CCC)CC(=O)N(CC(=O)N(CC(N)=O)Cc1ccccc1)Cc1ccccc1)Cc1ccccc1)Cc1ccccc1)C(=O)CNCCCC[NH3+]. The van der Waals surface area contributed by atoms with Crippen molar-refractivity contribution in [1.82, 2.24) is 39.6 Å². The molecule has 0 saturated heterocycles. The molecule has 4 aromatic carbocycles. The van der Waals surface area contributed by atoms with Gasteiger partial charge in [0.15, 0.2) is 0 Å². The third-order valence-electron chi connectivity index (χ3n) is 12.2.